The molecule has 1 fully saturated rings. The number of ether oxygens (including phenoxy) is 3. The lowest BCUT2D eigenvalue weighted by Crippen LogP contribution is -2.44. The molecular weight excluding hydrogens is 370 g/mol. The van der Waals surface area contributed by atoms with E-state index in [1.165, 1.54) is 0 Å². The maximum atomic E-state index is 12.2. The van der Waals surface area contributed by atoms with E-state index in [9.17, 15) is 4.79 Å². The molecule has 0 aliphatic heterocycles. The van der Waals surface area contributed by atoms with Crippen molar-refractivity contribution in [1.82, 2.24) is 15.6 Å². The predicted octanol–water partition coefficient (Wildman–Crippen LogP) is 3.60. The summed E-state index contributed by atoms with van der Waals surface area (Å²) in [4.78, 5) is 16.5. The standard InChI is InChI=1S/C22H29N3O4/c1-15-4-11-21(23-13-15)29-18-8-6-17(7-9-18)25-22(26)24-14-16-5-10-19(27-2)20(12-16)28-3/h4-5,10-13,17-18H,6-9,14H2,1-3H3,(H2,24,25,26). The number of aromatic nitrogens is 1. The van der Waals surface area contributed by atoms with Crippen molar-refractivity contribution in [2.75, 3.05) is 14.2 Å². The number of aryl methyl sites for hydroxylation is 1. The number of nitrogens with zero attached hydrogens (tertiary/aromatic N) is 1. The molecule has 1 aromatic heterocycles. The van der Waals surface area contributed by atoms with Gasteiger partial charge in [0.15, 0.2) is 11.5 Å². The van der Waals surface area contributed by atoms with Gasteiger partial charge in [0.1, 0.15) is 6.10 Å². The highest BCUT2D eigenvalue weighted by atomic mass is 16.5. The summed E-state index contributed by atoms with van der Waals surface area (Å²) in [5.74, 6) is 1.98. The lowest BCUT2D eigenvalue weighted by molar-refractivity contribution is 0.135. The van der Waals surface area contributed by atoms with Crippen molar-refractivity contribution in [1.29, 1.82) is 0 Å². The summed E-state index contributed by atoms with van der Waals surface area (Å²) in [5, 5.41) is 5.96. The summed E-state index contributed by atoms with van der Waals surface area (Å²) in [6, 6.07) is 9.50. The highest BCUT2D eigenvalue weighted by molar-refractivity contribution is 5.74. The first kappa shape index (κ1) is 20.8. The molecule has 7 heteroatoms. The van der Waals surface area contributed by atoms with E-state index in [1.807, 2.05) is 43.5 Å². The molecule has 156 valence electrons. The normalized spacial score (nSPS) is 18.6. The second kappa shape index (κ2) is 10.0. The van der Waals surface area contributed by atoms with Crippen molar-refractivity contribution in [2.45, 2.75) is 51.3 Å². The molecule has 1 heterocycles. The van der Waals surface area contributed by atoms with Gasteiger partial charge in [0.05, 0.1) is 14.2 Å². The lowest BCUT2D eigenvalue weighted by Gasteiger charge is -2.29. The largest absolute Gasteiger partial charge is 0.493 e. The number of benzene rings is 1. The van der Waals surface area contributed by atoms with E-state index in [0.717, 1.165) is 36.8 Å². The number of carbonyl (C=O) groups excluding carboxylic acids is 1. The van der Waals surface area contributed by atoms with E-state index >= 15 is 0 Å². The van der Waals surface area contributed by atoms with Crippen LogP contribution in [0.4, 0.5) is 4.79 Å². The van der Waals surface area contributed by atoms with Gasteiger partial charge >= 0.3 is 6.03 Å². The molecule has 1 aliphatic carbocycles. The third kappa shape index (κ3) is 6.01. The molecule has 0 atom stereocenters. The van der Waals surface area contributed by atoms with Crippen LogP contribution in [-0.2, 0) is 6.54 Å². The molecule has 29 heavy (non-hydrogen) atoms. The number of carbonyl (C=O) groups is 1. The average molecular weight is 399 g/mol. The smallest absolute Gasteiger partial charge is 0.315 e. The third-order valence-corrected chi connectivity index (χ3v) is 5.08. The summed E-state index contributed by atoms with van der Waals surface area (Å²) in [7, 11) is 3.19. The topological polar surface area (TPSA) is 81.7 Å². The Balaban J connectivity index is 1.40. The molecular formula is C22H29N3O4. The molecule has 3 rings (SSSR count). The van der Waals surface area contributed by atoms with Gasteiger partial charge in [-0.1, -0.05) is 12.1 Å². The van der Waals surface area contributed by atoms with Gasteiger partial charge in [0, 0.05) is 24.8 Å². The number of pyridine rings is 1. The van der Waals surface area contributed by atoms with Gasteiger partial charge in [0.25, 0.3) is 0 Å². The van der Waals surface area contributed by atoms with Gasteiger partial charge in [-0.3, -0.25) is 0 Å². The Morgan fingerprint density at radius 1 is 1.07 bits per heavy atom. The van der Waals surface area contributed by atoms with Crippen LogP contribution in [0, 0.1) is 6.92 Å². The highest BCUT2D eigenvalue weighted by Crippen LogP contribution is 2.27. The van der Waals surface area contributed by atoms with Crippen LogP contribution in [0.2, 0.25) is 0 Å². The minimum atomic E-state index is -0.163. The van der Waals surface area contributed by atoms with Crippen LogP contribution < -0.4 is 24.8 Å². The molecule has 0 unspecified atom stereocenters. The molecule has 2 amide bonds. The Labute approximate surface area is 171 Å². The Morgan fingerprint density at radius 2 is 1.83 bits per heavy atom. The molecule has 0 bridgehead atoms. The number of amides is 2. The minimum Gasteiger partial charge on any atom is -0.493 e. The van der Waals surface area contributed by atoms with E-state index in [-0.39, 0.29) is 18.2 Å². The predicted molar refractivity (Wildman–Crippen MR) is 111 cm³/mol. The average Bonchev–Trinajstić information content (AvgIpc) is 2.75. The molecule has 1 aromatic carbocycles. The monoisotopic (exact) mass is 399 g/mol. The first-order chi connectivity index (χ1) is 14.1. The van der Waals surface area contributed by atoms with Crippen molar-refractivity contribution < 1.29 is 19.0 Å². The van der Waals surface area contributed by atoms with Gasteiger partial charge in [-0.15, -0.1) is 0 Å². The van der Waals surface area contributed by atoms with Crippen LogP contribution in [0.5, 0.6) is 17.4 Å². The number of rotatable bonds is 7. The number of methoxy groups -OCH3 is 2. The fourth-order valence-electron chi connectivity index (χ4n) is 3.43. The fraction of sp³-hybridized carbons (Fsp3) is 0.455. The minimum absolute atomic E-state index is 0.151. The summed E-state index contributed by atoms with van der Waals surface area (Å²) >= 11 is 0. The van der Waals surface area contributed by atoms with Gasteiger partial charge in [0.2, 0.25) is 5.88 Å². The van der Waals surface area contributed by atoms with Crippen LogP contribution in [0.25, 0.3) is 0 Å². The second-order valence-corrected chi connectivity index (χ2v) is 7.28. The summed E-state index contributed by atoms with van der Waals surface area (Å²) in [6.45, 7) is 2.42. The first-order valence-electron chi connectivity index (χ1n) is 9.92. The Bertz CT molecular complexity index is 802. The first-order valence-corrected chi connectivity index (χ1v) is 9.92. The highest BCUT2D eigenvalue weighted by Gasteiger charge is 2.23. The van der Waals surface area contributed by atoms with Crippen molar-refractivity contribution in [3.63, 3.8) is 0 Å². The van der Waals surface area contributed by atoms with Crippen LogP contribution in [-0.4, -0.2) is 37.4 Å². The van der Waals surface area contributed by atoms with E-state index in [1.54, 1.807) is 14.2 Å². The number of urea groups is 1. The van der Waals surface area contributed by atoms with E-state index in [4.69, 9.17) is 14.2 Å². The summed E-state index contributed by atoms with van der Waals surface area (Å²) < 4.78 is 16.5. The second-order valence-electron chi connectivity index (χ2n) is 7.28. The summed E-state index contributed by atoms with van der Waals surface area (Å²) in [6.07, 6.45) is 5.54. The molecule has 1 saturated carbocycles. The maximum absolute atomic E-state index is 12.2. The molecule has 0 saturated heterocycles. The number of hydrogen-bond donors (Lipinski definition) is 2. The van der Waals surface area contributed by atoms with Crippen molar-refractivity contribution >= 4 is 6.03 Å². The SMILES string of the molecule is COc1ccc(CNC(=O)NC2CCC(Oc3ccc(C)cn3)CC2)cc1OC. The van der Waals surface area contributed by atoms with Crippen LogP contribution >= 0.6 is 0 Å². The Kier molecular flexibility index (Phi) is 7.16. The van der Waals surface area contributed by atoms with Gasteiger partial charge in [-0.05, 0) is 55.9 Å². The molecule has 0 spiro atoms. The quantitative estimate of drug-likeness (QED) is 0.744. The van der Waals surface area contributed by atoms with Crippen molar-refractivity contribution in [2.24, 2.45) is 0 Å². The Morgan fingerprint density at radius 3 is 2.48 bits per heavy atom. The molecule has 0 radical (unpaired) electrons. The maximum Gasteiger partial charge on any atom is 0.315 e. The van der Waals surface area contributed by atoms with E-state index < -0.39 is 0 Å². The molecule has 2 N–H and O–H groups in total. The van der Waals surface area contributed by atoms with Crippen LogP contribution in [0.1, 0.15) is 36.8 Å². The number of hydrogen-bond acceptors (Lipinski definition) is 5. The third-order valence-electron chi connectivity index (χ3n) is 5.08. The van der Waals surface area contributed by atoms with Gasteiger partial charge < -0.3 is 24.8 Å². The summed E-state index contributed by atoms with van der Waals surface area (Å²) in [5.41, 5.74) is 2.06. The zero-order valence-corrected chi connectivity index (χ0v) is 17.2. The van der Waals surface area contributed by atoms with Crippen molar-refractivity contribution in [3.05, 3.63) is 47.7 Å². The van der Waals surface area contributed by atoms with E-state index in [2.05, 4.69) is 15.6 Å². The Hall–Kier alpha value is -2.96. The fourth-order valence-corrected chi connectivity index (χ4v) is 3.43. The zero-order chi connectivity index (χ0) is 20.6. The van der Waals surface area contributed by atoms with Gasteiger partial charge in [-0.25, -0.2) is 9.78 Å². The van der Waals surface area contributed by atoms with Crippen LogP contribution in [0.3, 0.4) is 0 Å². The van der Waals surface area contributed by atoms with Gasteiger partial charge in [-0.2, -0.15) is 0 Å². The zero-order valence-electron chi connectivity index (χ0n) is 17.2. The number of nitrogens with one attached hydrogen (secondary N) is 2. The molecule has 1 aliphatic rings. The molecule has 7 nitrogen and oxygen atoms in total. The van der Waals surface area contributed by atoms with Crippen molar-refractivity contribution in [3.8, 4) is 17.4 Å². The lowest BCUT2D eigenvalue weighted by atomic mass is 9.93. The van der Waals surface area contributed by atoms with E-state index in [0.29, 0.717) is 23.9 Å². The molecule has 2 aromatic rings. The van der Waals surface area contributed by atoms with Crippen LogP contribution in [0.15, 0.2) is 36.5 Å².